The summed E-state index contributed by atoms with van der Waals surface area (Å²) in [4.78, 5) is 6.16. The average Bonchev–Trinajstić information content (AvgIpc) is 1.90. The number of aromatic nitrogens is 1. The van der Waals surface area contributed by atoms with Gasteiger partial charge >= 0.3 is 59.2 Å². The van der Waals surface area contributed by atoms with Crippen LogP contribution in [0.1, 0.15) is 0 Å². The first-order valence-electron chi connectivity index (χ1n) is 2.33. The van der Waals surface area contributed by atoms with Crippen LogP contribution in [0.5, 0.6) is 0 Å². The Hall–Kier alpha value is -0.120. The molecule has 0 aliphatic rings. The van der Waals surface area contributed by atoms with Gasteiger partial charge in [-0.1, -0.05) is 0 Å². The molecule has 1 aromatic rings. The van der Waals surface area contributed by atoms with E-state index in [2.05, 4.69) is 22.0 Å². The van der Waals surface area contributed by atoms with Crippen molar-refractivity contribution < 1.29 is 21.2 Å². The molecule has 1 nitrogen and oxygen atoms in total. The molecule has 0 saturated heterocycles. The molecule has 0 aliphatic carbocycles. The van der Waals surface area contributed by atoms with Crippen molar-refractivity contribution in [2.24, 2.45) is 0 Å². The number of alkyl halides is 1. The first-order valence-corrected chi connectivity index (χ1v) is 5.56. The van der Waals surface area contributed by atoms with E-state index < -0.39 is 0 Å². The average molecular weight is 220 g/mol. The van der Waals surface area contributed by atoms with Crippen molar-refractivity contribution in [1.82, 2.24) is 4.98 Å². The maximum absolute atomic E-state index is 3.91. The van der Waals surface area contributed by atoms with Crippen molar-refractivity contribution in [3.8, 4) is 0 Å². The Bertz CT molecular complexity index is 150. The first kappa shape index (κ1) is 6.01. The molecule has 1 rings (SSSR count). The summed E-state index contributed by atoms with van der Waals surface area (Å²) in [6.45, 7) is 0. The SMILES string of the molecule is C[I-]c1ccncc1. The molecule has 2 heteroatoms. The van der Waals surface area contributed by atoms with Gasteiger partial charge in [-0.15, -0.1) is 0 Å². The Morgan fingerprint density at radius 1 is 1.38 bits per heavy atom. The molecular formula is C6H7IN-. The van der Waals surface area contributed by atoms with Crippen LogP contribution in [0.15, 0.2) is 24.5 Å². The first-order chi connectivity index (χ1) is 3.93. The summed E-state index contributed by atoms with van der Waals surface area (Å²) in [7, 11) is 0. The van der Waals surface area contributed by atoms with E-state index in [9.17, 15) is 0 Å². The van der Waals surface area contributed by atoms with Crippen molar-refractivity contribution in [1.29, 1.82) is 0 Å². The van der Waals surface area contributed by atoms with Crippen LogP contribution in [-0.4, -0.2) is 9.91 Å². The monoisotopic (exact) mass is 220 g/mol. The molecule has 0 spiro atoms. The van der Waals surface area contributed by atoms with Crippen LogP contribution in [0.4, 0.5) is 0 Å². The molecule has 0 saturated carbocycles. The Balaban J connectivity index is 2.83. The zero-order valence-corrected chi connectivity index (χ0v) is 6.79. The van der Waals surface area contributed by atoms with Gasteiger partial charge in [-0.3, -0.25) is 0 Å². The summed E-state index contributed by atoms with van der Waals surface area (Å²) in [5.41, 5.74) is 0. The fourth-order valence-corrected chi connectivity index (χ4v) is 1.50. The standard InChI is InChI=1S/C6H7IN/c1-7-6-2-4-8-5-3-6/h2-5H,1H3/q-1. The number of nitrogens with zero attached hydrogens (tertiary/aromatic N) is 1. The normalized spacial score (nSPS) is 9.62. The van der Waals surface area contributed by atoms with Crippen LogP contribution in [-0.2, 0) is 0 Å². The quantitative estimate of drug-likeness (QED) is 0.393. The molecule has 0 radical (unpaired) electrons. The molecule has 8 heavy (non-hydrogen) atoms. The molecule has 0 aromatic carbocycles. The van der Waals surface area contributed by atoms with Gasteiger partial charge < -0.3 is 0 Å². The Morgan fingerprint density at radius 3 is 2.38 bits per heavy atom. The van der Waals surface area contributed by atoms with E-state index in [1.807, 2.05) is 12.4 Å². The zero-order valence-electron chi connectivity index (χ0n) is 4.63. The third-order valence-corrected chi connectivity index (χ3v) is 2.82. The Labute approximate surface area is 59.4 Å². The molecule has 1 aromatic heterocycles. The van der Waals surface area contributed by atoms with Gasteiger partial charge in [0.15, 0.2) is 0 Å². The summed E-state index contributed by atoms with van der Waals surface area (Å²) in [5.74, 6) is 0. The Morgan fingerprint density at radius 2 is 2.00 bits per heavy atom. The van der Waals surface area contributed by atoms with Gasteiger partial charge in [0.2, 0.25) is 0 Å². The van der Waals surface area contributed by atoms with E-state index in [0.717, 1.165) is 0 Å². The molecule has 1 heterocycles. The third-order valence-electron chi connectivity index (χ3n) is 0.858. The van der Waals surface area contributed by atoms with E-state index >= 15 is 0 Å². The summed E-state index contributed by atoms with van der Waals surface area (Å²) < 4.78 is 1.46. The number of hydrogen-bond donors (Lipinski definition) is 0. The van der Waals surface area contributed by atoms with E-state index in [4.69, 9.17) is 0 Å². The van der Waals surface area contributed by atoms with Gasteiger partial charge in [-0.25, -0.2) is 0 Å². The fraction of sp³-hybridized carbons (Fsp3) is 0.167. The fourth-order valence-electron chi connectivity index (χ4n) is 0.460. The van der Waals surface area contributed by atoms with Gasteiger partial charge in [-0.2, -0.15) is 0 Å². The predicted octanol–water partition coefficient (Wildman–Crippen LogP) is -2.03. The summed E-state index contributed by atoms with van der Waals surface area (Å²) in [6, 6.07) is 4.15. The van der Waals surface area contributed by atoms with Crippen molar-refractivity contribution >= 4 is 0 Å². The molecule has 44 valence electrons. The minimum absolute atomic E-state index is 0.269. The van der Waals surface area contributed by atoms with E-state index in [1.165, 1.54) is 3.57 Å². The van der Waals surface area contributed by atoms with Crippen LogP contribution in [0.25, 0.3) is 0 Å². The summed E-state index contributed by atoms with van der Waals surface area (Å²) >= 11 is 0.269. The number of hydrogen-bond acceptors (Lipinski definition) is 1. The molecule has 0 amide bonds. The molecular weight excluding hydrogens is 213 g/mol. The van der Waals surface area contributed by atoms with Crippen molar-refractivity contribution in [3.63, 3.8) is 0 Å². The second-order valence-corrected chi connectivity index (χ2v) is 3.68. The van der Waals surface area contributed by atoms with Gasteiger partial charge in [0.1, 0.15) is 0 Å². The molecule has 0 bridgehead atoms. The summed E-state index contributed by atoms with van der Waals surface area (Å²) in [6.07, 6.45) is 3.69. The van der Waals surface area contributed by atoms with Gasteiger partial charge in [0.05, 0.1) is 0 Å². The van der Waals surface area contributed by atoms with Gasteiger partial charge in [0.25, 0.3) is 0 Å². The van der Waals surface area contributed by atoms with Crippen LogP contribution >= 0.6 is 0 Å². The van der Waals surface area contributed by atoms with Gasteiger partial charge in [0, 0.05) is 0 Å². The third kappa shape index (κ3) is 1.43. The van der Waals surface area contributed by atoms with Crippen molar-refractivity contribution in [3.05, 3.63) is 28.1 Å². The van der Waals surface area contributed by atoms with Crippen molar-refractivity contribution in [2.45, 2.75) is 0 Å². The molecule has 0 fully saturated rings. The van der Waals surface area contributed by atoms with E-state index in [1.54, 1.807) is 0 Å². The van der Waals surface area contributed by atoms with E-state index in [0.29, 0.717) is 0 Å². The second-order valence-electron chi connectivity index (χ2n) is 1.35. The van der Waals surface area contributed by atoms with Crippen LogP contribution in [0.2, 0.25) is 0 Å². The van der Waals surface area contributed by atoms with E-state index in [-0.39, 0.29) is 21.2 Å². The molecule has 0 atom stereocenters. The number of halogens is 1. The van der Waals surface area contributed by atoms with Crippen LogP contribution in [0.3, 0.4) is 0 Å². The zero-order chi connectivity index (χ0) is 5.82. The Kier molecular flexibility index (Phi) is 2.27. The maximum atomic E-state index is 3.91. The number of rotatable bonds is 1. The predicted molar refractivity (Wildman–Crippen MR) is 28.9 cm³/mol. The topological polar surface area (TPSA) is 12.9 Å². The minimum atomic E-state index is 0.269. The second kappa shape index (κ2) is 3.02. The molecule has 0 unspecified atom stereocenters. The van der Waals surface area contributed by atoms with Crippen LogP contribution < -0.4 is 21.2 Å². The van der Waals surface area contributed by atoms with Crippen molar-refractivity contribution in [2.75, 3.05) is 4.93 Å². The summed E-state index contributed by atoms with van der Waals surface area (Å²) in [5, 5.41) is 0. The van der Waals surface area contributed by atoms with Gasteiger partial charge in [-0.05, 0) is 0 Å². The molecule has 0 N–H and O–H groups in total. The number of pyridine rings is 1. The van der Waals surface area contributed by atoms with Crippen LogP contribution in [0, 0.1) is 3.57 Å². The molecule has 0 aliphatic heterocycles.